The Kier molecular flexibility index (Phi) is 9.54. The fourth-order valence-electron chi connectivity index (χ4n) is 4.61. The standard InChI is InChI=1S/C24H35N7O.HI/c1-20(23(32)29-10-3-4-11-29)28-13-15-30(16-14-28)24(25-2)26-18-21-7-5-8-22(17-21)19-31-12-6-9-27-31;/h5-9,12,17,20H,3-4,10-11,13-16,18-19H2,1-2H3,(H,25,26);1H. The van der Waals surface area contributed by atoms with Gasteiger partial charge in [0, 0.05) is 65.3 Å². The summed E-state index contributed by atoms with van der Waals surface area (Å²) in [6.07, 6.45) is 6.06. The number of nitrogens with one attached hydrogen (secondary N) is 1. The molecule has 0 saturated carbocycles. The van der Waals surface area contributed by atoms with Crippen LogP contribution in [0.25, 0.3) is 0 Å². The molecule has 1 amide bonds. The Morgan fingerprint density at radius 1 is 1.06 bits per heavy atom. The maximum atomic E-state index is 12.7. The Hall–Kier alpha value is -2.14. The maximum absolute atomic E-state index is 12.7. The van der Waals surface area contributed by atoms with E-state index in [1.165, 1.54) is 11.1 Å². The van der Waals surface area contributed by atoms with Gasteiger partial charge in [-0.1, -0.05) is 24.3 Å². The Labute approximate surface area is 214 Å². The predicted octanol–water partition coefficient (Wildman–Crippen LogP) is 2.25. The van der Waals surface area contributed by atoms with Gasteiger partial charge in [0.05, 0.1) is 12.6 Å². The second-order valence-electron chi connectivity index (χ2n) is 8.66. The molecular formula is C24H36IN7O. The fraction of sp³-hybridized carbons (Fsp3) is 0.542. The van der Waals surface area contributed by atoms with Gasteiger partial charge in [-0.15, -0.1) is 24.0 Å². The van der Waals surface area contributed by atoms with Crippen LogP contribution in [0.1, 0.15) is 30.9 Å². The first kappa shape index (κ1) is 25.5. The number of benzene rings is 1. The summed E-state index contributed by atoms with van der Waals surface area (Å²) in [4.78, 5) is 23.9. The first-order valence-corrected chi connectivity index (χ1v) is 11.7. The number of nitrogens with zero attached hydrogens (tertiary/aromatic N) is 6. The summed E-state index contributed by atoms with van der Waals surface area (Å²) in [5.41, 5.74) is 2.45. The summed E-state index contributed by atoms with van der Waals surface area (Å²) in [6.45, 7) is 8.88. The number of halogens is 1. The van der Waals surface area contributed by atoms with Crippen molar-refractivity contribution in [3.63, 3.8) is 0 Å². The molecule has 0 spiro atoms. The number of likely N-dealkylation sites (tertiary alicyclic amines) is 1. The lowest BCUT2D eigenvalue weighted by molar-refractivity contribution is -0.135. The van der Waals surface area contributed by atoms with E-state index in [2.05, 4.69) is 56.4 Å². The van der Waals surface area contributed by atoms with E-state index in [1.54, 1.807) is 6.20 Å². The Bertz CT molecular complexity index is 903. The van der Waals surface area contributed by atoms with Crippen LogP contribution in [0.15, 0.2) is 47.7 Å². The van der Waals surface area contributed by atoms with Gasteiger partial charge in [-0.05, 0) is 37.0 Å². The number of amides is 1. The third-order valence-corrected chi connectivity index (χ3v) is 6.49. The van der Waals surface area contributed by atoms with Crippen LogP contribution in [-0.4, -0.2) is 88.7 Å². The minimum Gasteiger partial charge on any atom is -0.352 e. The van der Waals surface area contributed by atoms with Crippen LogP contribution in [0, 0.1) is 0 Å². The molecule has 1 aromatic carbocycles. The van der Waals surface area contributed by atoms with Gasteiger partial charge >= 0.3 is 0 Å². The molecule has 33 heavy (non-hydrogen) atoms. The van der Waals surface area contributed by atoms with Crippen molar-refractivity contribution in [2.75, 3.05) is 46.3 Å². The molecule has 2 fully saturated rings. The van der Waals surface area contributed by atoms with Crippen LogP contribution >= 0.6 is 24.0 Å². The van der Waals surface area contributed by atoms with E-state index < -0.39 is 0 Å². The zero-order chi connectivity index (χ0) is 22.3. The summed E-state index contributed by atoms with van der Waals surface area (Å²) in [5.74, 6) is 1.20. The first-order chi connectivity index (χ1) is 15.6. The van der Waals surface area contributed by atoms with Crippen molar-refractivity contribution in [2.45, 2.75) is 38.9 Å². The number of aromatic nitrogens is 2. The molecule has 2 aromatic rings. The molecule has 9 heteroatoms. The Morgan fingerprint density at radius 3 is 2.45 bits per heavy atom. The van der Waals surface area contributed by atoms with E-state index in [1.807, 2.05) is 28.9 Å². The molecule has 2 aliphatic heterocycles. The molecular weight excluding hydrogens is 529 g/mol. The fourth-order valence-corrected chi connectivity index (χ4v) is 4.61. The van der Waals surface area contributed by atoms with Gasteiger partial charge in [0.2, 0.25) is 5.91 Å². The lowest BCUT2D eigenvalue weighted by Gasteiger charge is -2.39. The van der Waals surface area contributed by atoms with Crippen LogP contribution < -0.4 is 5.32 Å². The molecule has 1 atom stereocenters. The number of rotatable bonds is 6. The van der Waals surface area contributed by atoms with Crippen molar-refractivity contribution in [2.24, 2.45) is 4.99 Å². The van der Waals surface area contributed by atoms with E-state index >= 15 is 0 Å². The zero-order valence-corrected chi connectivity index (χ0v) is 22.0. The second kappa shape index (κ2) is 12.4. The van der Waals surface area contributed by atoms with Gasteiger partial charge in [0.1, 0.15) is 0 Å². The average Bonchev–Trinajstić information content (AvgIpc) is 3.54. The summed E-state index contributed by atoms with van der Waals surface area (Å²) >= 11 is 0. The minimum atomic E-state index is -0.0391. The summed E-state index contributed by atoms with van der Waals surface area (Å²) in [5, 5.41) is 7.80. The lowest BCUT2D eigenvalue weighted by atomic mass is 10.1. The quantitative estimate of drug-likeness (QED) is 0.331. The minimum absolute atomic E-state index is 0. The molecule has 1 N–H and O–H groups in total. The highest BCUT2D eigenvalue weighted by Crippen LogP contribution is 2.14. The summed E-state index contributed by atoms with van der Waals surface area (Å²) in [7, 11) is 1.84. The van der Waals surface area contributed by atoms with E-state index in [0.29, 0.717) is 0 Å². The molecule has 2 saturated heterocycles. The van der Waals surface area contributed by atoms with Crippen molar-refractivity contribution in [1.29, 1.82) is 0 Å². The van der Waals surface area contributed by atoms with E-state index in [9.17, 15) is 4.79 Å². The number of carbonyl (C=O) groups excluding carboxylic acids is 1. The van der Waals surface area contributed by atoms with Gasteiger partial charge < -0.3 is 15.1 Å². The monoisotopic (exact) mass is 565 g/mol. The largest absolute Gasteiger partial charge is 0.352 e. The lowest BCUT2D eigenvalue weighted by Crippen LogP contribution is -2.57. The molecule has 0 aliphatic carbocycles. The molecule has 180 valence electrons. The second-order valence-corrected chi connectivity index (χ2v) is 8.66. The van der Waals surface area contributed by atoms with Crippen LogP contribution in [0.4, 0.5) is 0 Å². The van der Waals surface area contributed by atoms with Crippen molar-refractivity contribution in [3.05, 3.63) is 53.9 Å². The molecule has 3 heterocycles. The van der Waals surface area contributed by atoms with Gasteiger partial charge in [0.25, 0.3) is 0 Å². The van der Waals surface area contributed by atoms with E-state index in [4.69, 9.17) is 0 Å². The van der Waals surface area contributed by atoms with Crippen LogP contribution in [0.2, 0.25) is 0 Å². The highest BCUT2D eigenvalue weighted by atomic mass is 127. The number of piperazine rings is 1. The highest BCUT2D eigenvalue weighted by Gasteiger charge is 2.30. The number of hydrogen-bond donors (Lipinski definition) is 1. The first-order valence-electron chi connectivity index (χ1n) is 11.7. The normalized spacial score (nSPS) is 18.2. The SMILES string of the molecule is CN=C(NCc1cccc(Cn2cccn2)c1)N1CCN(C(C)C(=O)N2CCCC2)CC1.I. The number of aliphatic imine (C=N–C) groups is 1. The van der Waals surface area contributed by atoms with Crippen LogP contribution in [0.3, 0.4) is 0 Å². The topological polar surface area (TPSA) is 69.0 Å². The van der Waals surface area contributed by atoms with E-state index in [-0.39, 0.29) is 35.9 Å². The van der Waals surface area contributed by atoms with Crippen molar-refractivity contribution < 1.29 is 4.79 Å². The van der Waals surface area contributed by atoms with Crippen molar-refractivity contribution in [1.82, 2.24) is 29.8 Å². The highest BCUT2D eigenvalue weighted by molar-refractivity contribution is 14.0. The van der Waals surface area contributed by atoms with Crippen LogP contribution in [0.5, 0.6) is 0 Å². The van der Waals surface area contributed by atoms with Gasteiger partial charge in [-0.3, -0.25) is 19.4 Å². The molecule has 0 bridgehead atoms. The number of guanidine groups is 1. The van der Waals surface area contributed by atoms with Gasteiger partial charge in [-0.2, -0.15) is 5.10 Å². The Morgan fingerprint density at radius 2 is 1.79 bits per heavy atom. The molecule has 2 aliphatic rings. The summed E-state index contributed by atoms with van der Waals surface area (Å²) < 4.78 is 1.93. The Balaban J connectivity index is 0.00000306. The number of hydrogen-bond acceptors (Lipinski definition) is 4. The summed E-state index contributed by atoms with van der Waals surface area (Å²) in [6, 6.07) is 10.5. The van der Waals surface area contributed by atoms with E-state index in [0.717, 1.165) is 71.2 Å². The number of carbonyl (C=O) groups is 1. The van der Waals surface area contributed by atoms with Crippen molar-refractivity contribution >= 4 is 35.8 Å². The zero-order valence-electron chi connectivity index (χ0n) is 19.7. The molecule has 4 rings (SSSR count). The van der Waals surface area contributed by atoms with Gasteiger partial charge in [-0.25, -0.2) is 0 Å². The van der Waals surface area contributed by atoms with Crippen LogP contribution in [-0.2, 0) is 17.9 Å². The molecule has 1 unspecified atom stereocenters. The average molecular weight is 566 g/mol. The third kappa shape index (κ3) is 6.69. The molecule has 8 nitrogen and oxygen atoms in total. The van der Waals surface area contributed by atoms with Gasteiger partial charge in [0.15, 0.2) is 5.96 Å². The molecule has 1 aromatic heterocycles. The predicted molar refractivity (Wildman–Crippen MR) is 142 cm³/mol. The van der Waals surface area contributed by atoms with Crippen molar-refractivity contribution in [3.8, 4) is 0 Å². The smallest absolute Gasteiger partial charge is 0.239 e. The molecule has 0 radical (unpaired) electrons. The maximum Gasteiger partial charge on any atom is 0.239 e. The third-order valence-electron chi connectivity index (χ3n) is 6.49.